The molecule has 0 spiro atoms. The van der Waals surface area contributed by atoms with Crippen LogP contribution in [0.3, 0.4) is 0 Å². The van der Waals surface area contributed by atoms with Gasteiger partial charge in [0.1, 0.15) is 0 Å². The number of hydrogen-bond acceptors (Lipinski definition) is 3. The number of ketones is 1. The van der Waals surface area contributed by atoms with Crippen molar-refractivity contribution in [2.45, 2.75) is 39.8 Å². The number of hydrazine groups is 1. The van der Waals surface area contributed by atoms with Gasteiger partial charge in [0, 0.05) is 12.1 Å². The van der Waals surface area contributed by atoms with E-state index in [9.17, 15) is 4.79 Å². The van der Waals surface area contributed by atoms with Gasteiger partial charge in [-0.2, -0.15) is 0 Å². The first-order valence-electron chi connectivity index (χ1n) is 4.57. The summed E-state index contributed by atoms with van der Waals surface area (Å²) in [5, 5.41) is 4.29. The molecule has 0 aromatic heterocycles. The van der Waals surface area contributed by atoms with Crippen LogP contribution >= 0.6 is 0 Å². The molecule has 0 N–H and O–H groups in total. The van der Waals surface area contributed by atoms with E-state index in [2.05, 4.69) is 37.7 Å². The molecule has 0 aliphatic carbocycles. The zero-order chi connectivity index (χ0) is 9.30. The van der Waals surface area contributed by atoms with Crippen molar-refractivity contribution in [3.63, 3.8) is 0 Å². The zero-order valence-electron chi connectivity index (χ0n) is 8.37. The van der Waals surface area contributed by atoms with Crippen LogP contribution in [-0.2, 0) is 4.79 Å². The molecule has 0 saturated carbocycles. The fourth-order valence-electron chi connectivity index (χ4n) is 1.55. The molecular formula is C9H18N2O. The Morgan fingerprint density at radius 3 is 1.58 bits per heavy atom. The highest BCUT2D eigenvalue weighted by Crippen LogP contribution is 2.14. The van der Waals surface area contributed by atoms with Gasteiger partial charge in [-0.05, 0) is 27.7 Å². The highest BCUT2D eigenvalue weighted by atomic mass is 16.1. The first-order chi connectivity index (χ1) is 5.52. The highest BCUT2D eigenvalue weighted by Gasteiger charge is 2.31. The fourth-order valence-corrected chi connectivity index (χ4v) is 1.55. The molecule has 0 atom stereocenters. The smallest absolute Gasteiger partial charge is 0.163 e. The maximum atomic E-state index is 11.2. The molecule has 0 bridgehead atoms. The van der Waals surface area contributed by atoms with Crippen LogP contribution in [0.5, 0.6) is 0 Å². The molecule has 1 aliphatic heterocycles. The minimum absolute atomic E-state index is 0.331. The van der Waals surface area contributed by atoms with Gasteiger partial charge >= 0.3 is 0 Å². The van der Waals surface area contributed by atoms with E-state index in [0.29, 0.717) is 31.0 Å². The monoisotopic (exact) mass is 170 g/mol. The fraction of sp³-hybridized carbons (Fsp3) is 0.889. The van der Waals surface area contributed by atoms with Crippen molar-refractivity contribution >= 4 is 5.78 Å². The Morgan fingerprint density at radius 2 is 1.33 bits per heavy atom. The Morgan fingerprint density at radius 1 is 1.00 bits per heavy atom. The van der Waals surface area contributed by atoms with Crippen LogP contribution in [0.4, 0.5) is 0 Å². The van der Waals surface area contributed by atoms with E-state index in [1.54, 1.807) is 0 Å². The van der Waals surface area contributed by atoms with Gasteiger partial charge in [0.15, 0.2) is 5.78 Å². The van der Waals surface area contributed by atoms with Crippen LogP contribution in [0, 0.1) is 0 Å². The quantitative estimate of drug-likeness (QED) is 0.615. The van der Waals surface area contributed by atoms with Gasteiger partial charge in [-0.1, -0.05) is 0 Å². The average Bonchev–Trinajstić information content (AvgIpc) is 2.31. The van der Waals surface area contributed by atoms with Gasteiger partial charge in [-0.25, -0.2) is 10.0 Å². The first-order valence-corrected chi connectivity index (χ1v) is 4.57. The van der Waals surface area contributed by atoms with Gasteiger partial charge in [-0.3, -0.25) is 4.79 Å². The molecule has 0 aromatic rings. The molecule has 3 nitrogen and oxygen atoms in total. The molecule has 3 heteroatoms. The molecule has 1 saturated heterocycles. The van der Waals surface area contributed by atoms with Crippen LogP contribution in [-0.4, -0.2) is 41.0 Å². The van der Waals surface area contributed by atoms with Crippen molar-refractivity contribution in [1.29, 1.82) is 0 Å². The molecule has 0 amide bonds. The van der Waals surface area contributed by atoms with E-state index in [1.165, 1.54) is 0 Å². The van der Waals surface area contributed by atoms with E-state index in [0.717, 1.165) is 0 Å². The first kappa shape index (κ1) is 9.68. The summed E-state index contributed by atoms with van der Waals surface area (Å²) in [6.07, 6.45) is 0. The van der Waals surface area contributed by atoms with Crippen LogP contribution in [0.2, 0.25) is 0 Å². The highest BCUT2D eigenvalue weighted by molar-refractivity contribution is 5.84. The Labute approximate surface area is 74.3 Å². The second kappa shape index (κ2) is 3.54. The lowest BCUT2D eigenvalue weighted by molar-refractivity contribution is -0.116. The second-order valence-corrected chi connectivity index (χ2v) is 3.92. The Balaban J connectivity index is 2.65. The van der Waals surface area contributed by atoms with Crippen molar-refractivity contribution in [3.8, 4) is 0 Å². The van der Waals surface area contributed by atoms with E-state index < -0.39 is 0 Å². The van der Waals surface area contributed by atoms with Crippen molar-refractivity contribution in [2.24, 2.45) is 0 Å². The maximum Gasteiger partial charge on any atom is 0.163 e. The molecule has 0 aromatic carbocycles. The van der Waals surface area contributed by atoms with Crippen molar-refractivity contribution < 1.29 is 4.79 Å². The third kappa shape index (κ3) is 1.84. The Bertz CT molecular complexity index is 159. The molecule has 0 unspecified atom stereocenters. The van der Waals surface area contributed by atoms with E-state index in [1.807, 2.05) is 0 Å². The van der Waals surface area contributed by atoms with Gasteiger partial charge in [0.25, 0.3) is 0 Å². The predicted octanol–water partition coefficient (Wildman–Crippen LogP) is 0.905. The third-order valence-electron chi connectivity index (χ3n) is 2.20. The van der Waals surface area contributed by atoms with Crippen molar-refractivity contribution in [1.82, 2.24) is 10.0 Å². The largest absolute Gasteiger partial charge is 0.297 e. The summed E-state index contributed by atoms with van der Waals surface area (Å²) in [6, 6.07) is 0.859. The van der Waals surface area contributed by atoms with E-state index in [4.69, 9.17) is 0 Å². The predicted molar refractivity (Wildman–Crippen MR) is 48.7 cm³/mol. The molecule has 0 radical (unpaired) electrons. The minimum atomic E-state index is 0.331. The molecule has 1 aliphatic rings. The number of rotatable bonds is 2. The van der Waals surface area contributed by atoms with Crippen LogP contribution in [0.1, 0.15) is 27.7 Å². The summed E-state index contributed by atoms with van der Waals surface area (Å²) in [5.74, 6) is 0.331. The van der Waals surface area contributed by atoms with E-state index >= 15 is 0 Å². The average molecular weight is 170 g/mol. The number of carbonyl (C=O) groups excluding carboxylic acids is 1. The number of nitrogens with zero attached hydrogens (tertiary/aromatic N) is 2. The normalized spacial score (nSPS) is 21.7. The molecule has 1 fully saturated rings. The second-order valence-electron chi connectivity index (χ2n) is 3.92. The topological polar surface area (TPSA) is 23.6 Å². The van der Waals surface area contributed by atoms with E-state index in [-0.39, 0.29) is 0 Å². The summed E-state index contributed by atoms with van der Waals surface area (Å²) < 4.78 is 0. The Kier molecular flexibility index (Phi) is 2.85. The van der Waals surface area contributed by atoms with Gasteiger partial charge in [0.2, 0.25) is 0 Å². The number of hydrogen-bond donors (Lipinski definition) is 0. The van der Waals surface area contributed by atoms with Crippen LogP contribution < -0.4 is 0 Å². The minimum Gasteiger partial charge on any atom is -0.297 e. The zero-order valence-corrected chi connectivity index (χ0v) is 8.37. The summed E-state index contributed by atoms with van der Waals surface area (Å²) in [6.45, 7) is 9.66. The summed E-state index contributed by atoms with van der Waals surface area (Å²) in [7, 11) is 0. The molecule has 1 heterocycles. The molecular weight excluding hydrogens is 152 g/mol. The lowest BCUT2D eigenvalue weighted by Crippen LogP contribution is -2.44. The standard InChI is InChI=1S/C9H18N2O/c1-7(2)10-5-9(12)6-11(10)8(3)4/h7-8H,5-6H2,1-4H3. The van der Waals surface area contributed by atoms with Crippen LogP contribution in [0.25, 0.3) is 0 Å². The van der Waals surface area contributed by atoms with Gasteiger partial charge in [-0.15, -0.1) is 0 Å². The molecule has 12 heavy (non-hydrogen) atoms. The number of Topliss-reactive ketones (excluding diaryl/α,β-unsaturated/α-hetero) is 1. The lowest BCUT2D eigenvalue weighted by Gasteiger charge is -2.33. The van der Waals surface area contributed by atoms with Crippen molar-refractivity contribution in [2.75, 3.05) is 13.1 Å². The summed E-state index contributed by atoms with van der Waals surface area (Å²) >= 11 is 0. The summed E-state index contributed by atoms with van der Waals surface area (Å²) in [5.41, 5.74) is 0. The Hall–Kier alpha value is -0.410. The maximum absolute atomic E-state index is 11.2. The summed E-state index contributed by atoms with van der Waals surface area (Å²) in [4.78, 5) is 11.2. The molecule has 1 rings (SSSR count). The van der Waals surface area contributed by atoms with Gasteiger partial charge in [0.05, 0.1) is 13.1 Å². The SMILES string of the molecule is CC(C)N1CC(=O)CN1C(C)C. The lowest BCUT2D eigenvalue weighted by atomic mass is 10.3. The number of carbonyl (C=O) groups is 1. The van der Waals surface area contributed by atoms with Crippen molar-refractivity contribution in [3.05, 3.63) is 0 Å². The molecule has 70 valence electrons. The van der Waals surface area contributed by atoms with Gasteiger partial charge < -0.3 is 0 Å². The van der Waals surface area contributed by atoms with Crippen LogP contribution in [0.15, 0.2) is 0 Å². The third-order valence-corrected chi connectivity index (χ3v) is 2.20.